The van der Waals surface area contributed by atoms with Crippen LogP contribution in [0.5, 0.6) is 0 Å². The first-order chi connectivity index (χ1) is 25.6. The van der Waals surface area contributed by atoms with Crippen LogP contribution < -0.4 is 0 Å². The Morgan fingerprint density at radius 1 is 0.423 bits per heavy atom. The van der Waals surface area contributed by atoms with Crippen LogP contribution >= 0.6 is 0 Å². The largest absolute Gasteiger partial charge is 0.309 e. The van der Waals surface area contributed by atoms with Crippen molar-refractivity contribution >= 4 is 49.2 Å². The molecule has 0 saturated heterocycles. The number of aryl methyl sites for hydroxylation is 1. The van der Waals surface area contributed by atoms with Gasteiger partial charge in [0.2, 0.25) is 0 Å². The van der Waals surface area contributed by atoms with Crippen molar-refractivity contribution in [3.63, 3.8) is 0 Å². The highest BCUT2D eigenvalue weighted by atomic mass is 15.0. The van der Waals surface area contributed by atoms with Crippen molar-refractivity contribution in [1.29, 1.82) is 0 Å². The van der Waals surface area contributed by atoms with Crippen molar-refractivity contribution in [2.75, 3.05) is 0 Å². The van der Waals surface area contributed by atoms with Crippen LogP contribution in [0.15, 0.2) is 175 Å². The quantitative estimate of drug-likeness (QED) is 0.173. The molecule has 10 rings (SSSR count). The molecule has 0 N–H and O–H groups in total. The molecular weight excluding hydrogens is 629 g/mol. The second-order valence-electron chi connectivity index (χ2n) is 14.2. The lowest BCUT2D eigenvalue weighted by Gasteiger charge is -2.16. The molecule has 2 aromatic heterocycles. The maximum absolute atomic E-state index is 2.41. The molecule has 0 unspecified atom stereocenters. The number of fused-ring (bicyclic) bond motifs is 6. The van der Waals surface area contributed by atoms with Gasteiger partial charge in [-0.15, -0.1) is 0 Å². The maximum Gasteiger partial charge on any atom is 0.0541 e. The standard InChI is InChI=1S/C50H38N2/c1-33-12-6-7-15-41(33)44-30-36(21-20-34(44)2)35-22-26-40(27-23-35)52-48-19-11-9-17-43(48)46-32-38(25-29-50(46)52)37-24-28-49-45(31-37)42-16-8-10-18-47(42)51(49)39-13-4-3-5-14-39/h3-5,7-11,13-32H,6,12H2,1-2H3. The van der Waals surface area contributed by atoms with E-state index in [1.54, 1.807) is 0 Å². The van der Waals surface area contributed by atoms with Crippen molar-refractivity contribution in [2.45, 2.75) is 26.7 Å². The lowest BCUT2D eigenvalue weighted by molar-refractivity contribution is 0.967. The Labute approximate surface area is 304 Å². The van der Waals surface area contributed by atoms with E-state index in [9.17, 15) is 0 Å². The van der Waals surface area contributed by atoms with Crippen LogP contribution in [0.25, 0.3) is 82.8 Å². The first kappa shape index (κ1) is 30.4. The predicted molar refractivity (Wildman–Crippen MR) is 222 cm³/mol. The Balaban J connectivity index is 1.06. The minimum Gasteiger partial charge on any atom is -0.309 e. The second-order valence-corrected chi connectivity index (χ2v) is 14.2. The van der Waals surface area contributed by atoms with E-state index in [1.165, 1.54) is 99.5 Å². The van der Waals surface area contributed by atoms with E-state index >= 15 is 0 Å². The molecule has 2 heteroatoms. The van der Waals surface area contributed by atoms with Gasteiger partial charge < -0.3 is 9.13 Å². The van der Waals surface area contributed by atoms with Crippen LogP contribution in [-0.2, 0) is 0 Å². The zero-order valence-corrected chi connectivity index (χ0v) is 29.5. The fourth-order valence-electron chi connectivity index (χ4n) is 8.43. The van der Waals surface area contributed by atoms with Gasteiger partial charge in [0.05, 0.1) is 22.1 Å². The molecule has 52 heavy (non-hydrogen) atoms. The van der Waals surface area contributed by atoms with Gasteiger partial charge in [-0.05, 0) is 132 Å². The van der Waals surface area contributed by atoms with E-state index in [-0.39, 0.29) is 0 Å². The van der Waals surface area contributed by atoms with Crippen molar-refractivity contribution in [1.82, 2.24) is 9.13 Å². The second kappa shape index (κ2) is 12.1. The van der Waals surface area contributed by atoms with E-state index < -0.39 is 0 Å². The van der Waals surface area contributed by atoms with E-state index in [2.05, 4.69) is 193 Å². The maximum atomic E-state index is 2.41. The van der Waals surface area contributed by atoms with Gasteiger partial charge in [-0.3, -0.25) is 0 Å². The lowest BCUT2D eigenvalue weighted by Crippen LogP contribution is -1.96. The van der Waals surface area contributed by atoms with Crippen LogP contribution in [0.4, 0.5) is 0 Å². The van der Waals surface area contributed by atoms with Gasteiger partial charge in [-0.1, -0.05) is 109 Å². The molecule has 1 aliphatic carbocycles. The minimum absolute atomic E-state index is 1.14. The van der Waals surface area contributed by atoms with Gasteiger partial charge in [0.25, 0.3) is 0 Å². The fraction of sp³-hybridized carbons (Fsp3) is 0.0800. The summed E-state index contributed by atoms with van der Waals surface area (Å²) in [7, 11) is 0. The van der Waals surface area contributed by atoms with Gasteiger partial charge >= 0.3 is 0 Å². The van der Waals surface area contributed by atoms with E-state index in [4.69, 9.17) is 0 Å². The van der Waals surface area contributed by atoms with Gasteiger partial charge in [-0.25, -0.2) is 0 Å². The Morgan fingerprint density at radius 2 is 0.923 bits per heavy atom. The molecule has 0 atom stereocenters. The average molecular weight is 667 g/mol. The van der Waals surface area contributed by atoms with Crippen molar-refractivity contribution < 1.29 is 0 Å². The Morgan fingerprint density at radius 3 is 1.54 bits per heavy atom. The first-order valence-corrected chi connectivity index (χ1v) is 18.3. The average Bonchev–Trinajstić information content (AvgIpc) is 3.71. The van der Waals surface area contributed by atoms with Crippen molar-refractivity contribution in [3.8, 4) is 33.6 Å². The number of para-hydroxylation sites is 3. The van der Waals surface area contributed by atoms with Crippen LogP contribution in [0.1, 0.15) is 30.9 Å². The van der Waals surface area contributed by atoms with Crippen LogP contribution in [-0.4, -0.2) is 9.13 Å². The summed E-state index contributed by atoms with van der Waals surface area (Å²) in [6, 6.07) is 58.1. The van der Waals surface area contributed by atoms with Crippen LogP contribution in [0, 0.1) is 6.92 Å². The van der Waals surface area contributed by atoms with E-state index in [0.717, 1.165) is 12.8 Å². The summed E-state index contributed by atoms with van der Waals surface area (Å²) in [6.45, 7) is 4.50. The number of benzene rings is 7. The van der Waals surface area contributed by atoms with Crippen molar-refractivity contribution in [3.05, 3.63) is 187 Å². The van der Waals surface area contributed by atoms with Gasteiger partial charge in [0.15, 0.2) is 0 Å². The van der Waals surface area contributed by atoms with E-state index in [0.29, 0.717) is 0 Å². The SMILES string of the molecule is CC1=C(c2cc(-c3ccc(-n4c5ccccc5c5cc(-c6ccc7c(c6)c6ccccc6n7-c6ccccc6)ccc54)cc3)ccc2C)C=CCC1. The van der Waals surface area contributed by atoms with Crippen LogP contribution in [0.2, 0.25) is 0 Å². The Kier molecular flexibility index (Phi) is 7.11. The normalized spacial score (nSPS) is 13.3. The molecule has 0 saturated carbocycles. The summed E-state index contributed by atoms with van der Waals surface area (Å²) in [5.74, 6) is 0. The molecular formula is C50H38N2. The third kappa shape index (κ3) is 4.86. The summed E-state index contributed by atoms with van der Waals surface area (Å²) in [5, 5.41) is 5.06. The third-order valence-corrected chi connectivity index (χ3v) is 11.1. The molecule has 0 amide bonds. The molecule has 9 aromatic rings. The molecule has 0 aliphatic heterocycles. The zero-order valence-electron chi connectivity index (χ0n) is 29.5. The highest BCUT2D eigenvalue weighted by molar-refractivity contribution is 6.12. The Hall–Kier alpha value is -6.38. The molecule has 248 valence electrons. The number of aromatic nitrogens is 2. The smallest absolute Gasteiger partial charge is 0.0541 e. The molecule has 7 aromatic carbocycles. The summed E-state index contributed by atoms with van der Waals surface area (Å²) in [4.78, 5) is 0. The summed E-state index contributed by atoms with van der Waals surface area (Å²) >= 11 is 0. The zero-order chi connectivity index (χ0) is 34.8. The van der Waals surface area contributed by atoms with E-state index in [1.807, 2.05) is 0 Å². The predicted octanol–water partition coefficient (Wildman–Crippen LogP) is 13.6. The topological polar surface area (TPSA) is 9.86 Å². The summed E-state index contributed by atoms with van der Waals surface area (Å²) < 4.78 is 4.79. The third-order valence-electron chi connectivity index (χ3n) is 11.1. The number of nitrogens with zero attached hydrogens (tertiary/aromatic N) is 2. The number of allylic oxidation sites excluding steroid dienone is 4. The monoisotopic (exact) mass is 666 g/mol. The molecule has 2 nitrogen and oxygen atoms in total. The van der Waals surface area contributed by atoms with Gasteiger partial charge in [0.1, 0.15) is 0 Å². The van der Waals surface area contributed by atoms with Crippen molar-refractivity contribution in [2.24, 2.45) is 0 Å². The number of rotatable bonds is 5. The summed E-state index contributed by atoms with van der Waals surface area (Å²) in [5.41, 5.74) is 17.7. The molecule has 0 bridgehead atoms. The highest BCUT2D eigenvalue weighted by Gasteiger charge is 2.17. The lowest BCUT2D eigenvalue weighted by atomic mass is 9.89. The van der Waals surface area contributed by atoms with Crippen LogP contribution in [0.3, 0.4) is 0 Å². The fourth-order valence-corrected chi connectivity index (χ4v) is 8.43. The molecule has 2 heterocycles. The molecule has 1 aliphatic rings. The number of hydrogen-bond acceptors (Lipinski definition) is 0. The van der Waals surface area contributed by atoms with Gasteiger partial charge in [0, 0.05) is 32.9 Å². The molecule has 0 fully saturated rings. The molecule has 0 spiro atoms. The van der Waals surface area contributed by atoms with Gasteiger partial charge in [-0.2, -0.15) is 0 Å². The Bertz CT molecular complexity index is 2890. The minimum atomic E-state index is 1.14. The first-order valence-electron chi connectivity index (χ1n) is 18.3. The number of hydrogen-bond donors (Lipinski definition) is 0. The molecule has 0 radical (unpaired) electrons. The highest BCUT2D eigenvalue weighted by Crippen LogP contribution is 2.39. The summed E-state index contributed by atoms with van der Waals surface area (Å²) in [6.07, 6.45) is 6.89.